The molecule has 0 unspecified atom stereocenters. The predicted molar refractivity (Wildman–Crippen MR) is 93.8 cm³/mol. The normalized spacial score (nSPS) is 13.4. The molecule has 1 aliphatic rings. The number of primary amides is 1. The van der Waals surface area contributed by atoms with Gasteiger partial charge in [-0.15, -0.1) is 0 Å². The number of nitrogens with two attached hydrogens (primary N) is 2. The zero-order valence-corrected chi connectivity index (χ0v) is 14.4. The molecule has 0 radical (unpaired) electrons. The van der Waals surface area contributed by atoms with Crippen LogP contribution in [-0.4, -0.2) is 35.6 Å². The molecule has 1 aliphatic heterocycles. The van der Waals surface area contributed by atoms with E-state index in [4.69, 9.17) is 16.2 Å². The number of anilines is 1. The Labute approximate surface area is 138 Å². The van der Waals surface area contributed by atoms with Gasteiger partial charge >= 0.3 is 0 Å². The Balaban J connectivity index is 0.000000276. The Kier molecular flexibility index (Phi) is 8.84. The van der Waals surface area contributed by atoms with Gasteiger partial charge in [0.2, 0.25) is 5.91 Å². The van der Waals surface area contributed by atoms with E-state index in [0.29, 0.717) is 16.9 Å². The molecule has 0 spiro atoms. The van der Waals surface area contributed by atoms with Gasteiger partial charge in [-0.3, -0.25) is 4.79 Å². The van der Waals surface area contributed by atoms with Gasteiger partial charge in [0.15, 0.2) is 0 Å². The summed E-state index contributed by atoms with van der Waals surface area (Å²) in [7, 11) is 1.33. The summed E-state index contributed by atoms with van der Waals surface area (Å²) in [4.78, 5) is 14.6. The van der Waals surface area contributed by atoms with Crippen LogP contribution in [0.1, 0.15) is 15.9 Å². The molecule has 20 heavy (non-hydrogen) atoms. The van der Waals surface area contributed by atoms with Gasteiger partial charge in [-0.2, -0.15) is 11.8 Å². The van der Waals surface area contributed by atoms with Gasteiger partial charge in [0.1, 0.15) is 5.82 Å². The van der Waals surface area contributed by atoms with Gasteiger partial charge in [-0.05, 0) is 20.3 Å². The minimum absolute atomic E-state index is 0.299. The standard InChI is InChI=1S/C8H6IN3OS.C4H8OS/c9-14-2-1-5-3-6(8(11)13)4-12-7(5)10;1-3-6-4-2-5-1/h3-4H,(H2,10,12)(H2,11,13);1-4H2. The summed E-state index contributed by atoms with van der Waals surface area (Å²) in [6.07, 6.45) is 1.33. The molecule has 1 aromatic heterocycles. The highest BCUT2D eigenvalue weighted by atomic mass is 127. The van der Waals surface area contributed by atoms with Crippen molar-refractivity contribution in [2.75, 3.05) is 30.5 Å². The molecule has 1 saturated heterocycles. The number of thioether (sulfide) groups is 1. The first-order valence-electron chi connectivity index (χ1n) is 5.64. The molecule has 0 aliphatic carbocycles. The number of aromatic nitrogens is 1. The summed E-state index contributed by atoms with van der Waals surface area (Å²) in [5, 5.41) is 2.75. The number of amides is 1. The van der Waals surface area contributed by atoms with E-state index in [-0.39, 0.29) is 0 Å². The molecule has 4 N–H and O–H groups in total. The lowest BCUT2D eigenvalue weighted by molar-refractivity contribution is 0.1000. The van der Waals surface area contributed by atoms with Crippen LogP contribution in [-0.2, 0) is 4.74 Å². The second-order valence-corrected chi connectivity index (χ2v) is 6.45. The molecule has 0 aromatic carbocycles. The van der Waals surface area contributed by atoms with Crippen molar-refractivity contribution in [3.05, 3.63) is 23.4 Å². The summed E-state index contributed by atoms with van der Waals surface area (Å²) in [6.45, 7) is 1.93. The number of halogens is 1. The van der Waals surface area contributed by atoms with Crippen LogP contribution in [0.3, 0.4) is 0 Å². The van der Waals surface area contributed by atoms with Crippen molar-refractivity contribution in [3.8, 4) is 11.2 Å². The van der Waals surface area contributed by atoms with Crippen molar-refractivity contribution in [2.24, 2.45) is 5.73 Å². The van der Waals surface area contributed by atoms with E-state index in [9.17, 15) is 4.79 Å². The summed E-state index contributed by atoms with van der Waals surface area (Å²) < 4.78 is 5.05. The Morgan fingerprint density at radius 1 is 1.50 bits per heavy atom. The number of carbonyl (C=O) groups excluding carboxylic acids is 1. The largest absolute Gasteiger partial charge is 0.383 e. The Morgan fingerprint density at radius 2 is 2.20 bits per heavy atom. The number of nitrogens with zero attached hydrogens (tertiary/aromatic N) is 1. The fourth-order valence-electron chi connectivity index (χ4n) is 1.22. The number of ether oxygens (including phenoxy) is 1. The number of hydrogen-bond donors (Lipinski definition) is 2. The minimum atomic E-state index is -0.539. The topological polar surface area (TPSA) is 91.2 Å². The van der Waals surface area contributed by atoms with Crippen LogP contribution < -0.4 is 11.5 Å². The highest BCUT2D eigenvalue weighted by Crippen LogP contribution is 2.12. The first kappa shape index (κ1) is 17.4. The summed E-state index contributed by atoms with van der Waals surface area (Å²) in [5.74, 6) is 4.92. The molecule has 1 aromatic rings. The summed E-state index contributed by atoms with van der Waals surface area (Å²) in [5.41, 5.74) is 11.5. The predicted octanol–water partition coefficient (Wildman–Crippen LogP) is 1.90. The third-order valence-corrected chi connectivity index (χ3v) is 3.92. The quantitative estimate of drug-likeness (QED) is 0.530. The van der Waals surface area contributed by atoms with Gasteiger partial charge in [0.05, 0.1) is 24.3 Å². The Morgan fingerprint density at radius 3 is 2.65 bits per heavy atom. The second kappa shape index (κ2) is 10.1. The van der Waals surface area contributed by atoms with E-state index in [2.05, 4.69) is 16.2 Å². The Bertz CT molecular complexity index is 502. The van der Waals surface area contributed by atoms with Crippen molar-refractivity contribution in [1.82, 2.24) is 4.98 Å². The lowest BCUT2D eigenvalue weighted by Gasteiger charge is -2.07. The number of hydrogen-bond acceptors (Lipinski definition) is 6. The van der Waals surface area contributed by atoms with Crippen LogP contribution in [0.25, 0.3) is 0 Å². The van der Waals surface area contributed by atoms with E-state index in [1.165, 1.54) is 32.7 Å². The van der Waals surface area contributed by atoms with Crippen molar-refractivity contribution in [2.45, 2.75) is 0 Å². The van der Waals surface area contributed by atoms with E-state index in [0.717, 1.165) is 13.2 Å². The number of pyridine rings is 1. The van der Waals surface area contributed by atoms with Crippen molar-refractivity contribution in [1.29, 1.82) is 0 Å². The molecule has 8 heteroatoms. The molecular weight excluding hydrogens is 409 g/mol. The molecule has 2 heterocycles. The molecule has 108 valence electrons. The highest BCUT2D eigenvalue weighted by Gasteiger charge is 2.04. The van der Waals surface area contributed by atoms with Gasteiger partial charge in [-0.25, -0.2) is 4.98 Å². The lowest BCUT2D eigenvalue weighted by Crippen LogP contribution is -2.12. The van der Waals surface area contributed by atoms with Crippen molar-refractivity contribution in [3.63, 3.8) is 0 Å². The minimum Gasteiger partial charge on any atom is -0.383 e. The van der Waals surface area contributed by atoms with Gasteiger partial charge in [0.25, 0.3) is 0 Å². The molecule has 1 amide bonds. The van der Waals surface area contributed by atoms with Crippen molar-refractivity contribution >= 4 is 53.6 Å². The van der Waals surface area contributed by atoms with Crippen LogP contribution in [0.15, 0.2) is 12.3 Å². The highest BCUT2D eigenvalue weighted by molar-refractivity contribution is 14.2. The van der Waals surface area contributed by atoms with Crippen LogP contribution in [0.2, 0.25) is 0 Å². The van der Waals surface area contributed by atoms with Gasteiger partial charge in [-0.1, -0.05) is 5.92 Å². The zero-order chi connectivity index (χ0) is 14.8. The molecule has 0 bridgehead atoms. The summed E-state index contributed by atoms with van der Waals surface area (Å²) >= 11 is 4.01. The monoisotopic (exact) mass is 423 g/mol. The maximum absolute atomic E-state index is 10.8. The smallest absolute Gasteiger partial charge is 0.250 e. The fraction of sp³-hybridized carbons (Fsp3) is 0.333. The molecule has 1 fully saturated rings. The number of carbonyl (C=O) groups is 1. The fourth-order valence-corrected chi connectivity index (χ4v) is 2.38. The molecule has 0 saturated carbocycles. The number of nitrogen functional groups attached to an aromatic ring is 1. The Hall–Kier alpha value is -0.630. The third kappa shape index (κ3) is 6.69. The summed E-state index contributed by atoms with van der Waals surface area (Å²) in [6, 6.07) is 1.53. The first-order valence-corrected chi connectivity index (χ1v) is 10.2. The SMILES string of the molecule is C1CSCCO1.NC(=O)c1cnc(N)c(C#CSI)c1. The first-order chi connectivity index (χ1) is 9.65. The molecule has 2 rings (SSSR count). The van der Waals surface area contributed by atoms with E-state index < -0.39 is 5.91 Å². The average molecular weight is 423 g/mol. The maximum Gasteiger partial charge on any atom is 0.250 e. The van der Waals surface area contributed by atoms with Crippen LogP contribution in [0.4, 0.5) is 5.82 Å². The lowest BCUT2D eigenvalue weighted by atomic mass is 10.2. The third-order valence-electron chi connectivity index (χ3n) is 2.17. The van der Waals surface area contributed by atoms with E-state index >= 15 is 0 Å². The number of rotatable bonds is 1. The molecule has 5 nitrogen and oxygen atoms in total. The van der Waals surface area contributed by atoms with E-state index in [1.807, 2.05) is 33.0 Å². The van der Waals surface area contributed by atoms with Gasteiger partial charge in [0, 0.05) is 38.9 Å². The van der Waals surface area contributed by atoms with Crippen LogP contribution in [0, 0.1) is 11.2 Å². The zero-order valence-electron chi connectivity index (χ0n) is 10.6. The molecule has 0 atom stereocenters. The van der Waals surface area contributed by atoms with Gasteiger partial charge < -0.3 is 16.2 Å². The van der Waals surface area contributed by atoms with E-state index in [1.54, 1.807) is 0 Å². The maximum atomic E-state index is 10.8. The van der Waals surface area contributed by atoms with Crippen LogP contribution in [0.5, 0.6) is 0 Å². The molecular formula is C12H14IN3O2S2. The van der Waals surface area contributed by atoms with Crippen LogP contribution >= 0.6 is 41.9 Å². The second-order valence-electron chi connectivity index (χ2n) is 3.55. The van der Waals surface area contributed by atoms with Crippen molar-refractivity contribution < 1.29 is 9.53 Å². The average Bonchev–Trinajstić information content (AvgIpc) is 2.48.